The third-order valence-electron chi connectivity index (χ3n) is 5.37. The van der Waals surface area contributed by atoms with Crippen molar-refractivity contribution in [2.75, 3.05) is 39.4 Å². The molecule has 0 aromatic heterocycles. The number of nitrogens with zero attached hydrogens (tertiary/aromatic N) is 2. The van der Waals surface area contributed by atoms with Crippen LogP contribution in [0.4, 0.5) is 0 Å². The topological polar surface area (TPSA) is 59.1 Å². The molecule has 2 aromatic carbocycles. The minimum Gasteiger partial charge on any atom is -0.483 e. The molecule has 0 unspecified atom stereocenters. The highest BCUT2D eigenvalue weighted by atomic mass is 16.5. The van der Waals surface area contributed by atoms with Crippen molar-refractivity contribution in [2.45, 2.75) is 27.7 Å². The van der Waals surface area contributed by atoms with Gasteiger partial charge in [-0.25, -0.2) is 0 Å². The van der Waals surface area contributed by atoms with Crippen LogP contribution in [-0.4, -0.2) is 61.0 Å². The standard InChI is InChI=1S/C24H30N2O4/c1-17-5-7-19(3)21(13-17)29-15-23(27)25-9-11-26(12-10-25)24(28)16-30-22-14-18(2)6-8-20(22)4/h5-8,13-14H,9-12,15-16H2,1-4H3. The van der Waals surface area contributed by atoms with Gasteiger partial charge in [-0.2, -0.15) is 0 Å². The molecule has 3 rings (SSSR count). The number of hydrogen-bond acceptors (Lipinski definition) is 4. The van der Waals surface area contributed by atoms with Gasteiger partial charge in [0.15, 0.2) is 13.2 Å². The maximum atomic E-state index is 12.5. The number of piperazine rings is 1. The fourth-order valence-corrected chi connectivity index (χ4v) is 3.39. The SMILES string of the molecule is Cc1ccc(C)c(OCC(=O)N2CCN(C(=O)COc3cc(C)ccc3C)CC2)c1. The van der Waals surface area contributed by atoms with Gasteiger partial charge in [0, 0.05) is 26.2 Å². The summed E-state index contributed by atoms with van der Waals surface area (Å²) in [5.41, 5.74) is 4.21. The van der Waals surface area contributed by atoms with Crippen LogP contribution < -0.4 is 9.47 Å². The van der Waals surface area contributed by atoms with Crippen molar-refractivity contribution in [1.29, 1.82) is 0 Å². The Morgan fingerprint density at radius 1 is 0.700 bits per heavy atom. The predicted octanol–water partition coefficient (Wildman–Crippen LogP) is 3.05. The Balaban J connectivity index is 1.44. The van der Waals surface area contributed by atoms with Crippen LogP contribution in [0, 0.1) is 27.7 Å². The number of rotatable bonds is 6. The van der Waals surface area contributed by atoms with Crippen LogP contribution in [0.15, 0.2) is 36.4 Å². The molecule has 6 nitrogen and oxygen atoms in total. The molecule has 0 N–H and O–H groups in total. The van der Waals surface area contributed by atoms with Crippen LogP contribution in [0.2, 0.25) is 0 Å². The van der Waals surface area contributed by atoms with E-state index in [0.717, 1.165) is 33.8 Å². The van der Waals surface area contributed by atoms with E-state index in [1.165, 1.54) is 0 Å². The molecule has 1 aliphatic rings. The van der Waals surface area contributed by atoms with Crippen molar-refractivity contribution in [2.24, 2.45) is 0 Å². The molecule has 1 aliphatic heterocycles. The molecule has 6 heteroatoms. The van der Waals surface area contributed by atoms with Gasteiger partial charge >= 0.3 is 0 Å². The molecule has 1 heterocycles. The average molecular weight is 411 g/mol. The molecule has 2 aromatic rings. The summed E-state index contributed by atoms with van der Waals surface area (Å²) < 4.78 is 11.4. The monoisotopic (exact) mass is 410 g/mol. The first-order valence-corrected chi connectivity index (χ1v) is 10.3. The Morgan fingerprint density at radius 3 is 1.43 bits per heavy atom. The number of aryl methyl sites for hydroxylation is 4. The summed E-state index contributed by atoms with van der Waals surface area (Å²) in [5, 5.41) is 0. The first kappa shape index (κ1) is 21.7. The third-order valence-corrected chi connectivity index (χ3v) is 5.37. The minimum atomic E-state index is -0.0605. The van der Waals surface area contributed by atoms with Crippen LogP contribution in [0.3, 0.4) is 0 Å². The van der Waals surface area contributed by atoms with Crippen molar-refractivity contribution < 1.29 is 19.1 Å². The van der Waals surface area contributed by atoms with Crippen LogP contribution >= 0.6 is 0 Å². The Morgan fingerprint density at radius 2 is 1.07 bits per heavy atom. The average Bonchev–Trinajstić information content (AvgIpc) is 2.74. The molecule has 0 radical (unpaired) electrons. The van der Waals surface area contributed by atoms with E-state index < -0.39 is 0 Å². The van der Waals surface area contributed by atoms with E-state index in [9.17, 15) is 9.59 Å². The fourth-order valence-electron chi connectivity index (χ4n) is 3.39. The van der Waals surface area contributed by atoms with Crippen molar-refractivity contribution in [3.63, 3.8) is 0 Å². The number of benzene rings is 2. The largest absolute Gasteiger partial charge is 0.483 e. The Kier molecular flexibility index (Phi) is 6.98. The minimum absolute atomic E-state index is 0.00792. The number of carbonyl (C=O) groups excluding carboxylic acids is 2. The molecule has 0 spiro atoms. The van der Waals surface area contributed by atoms with Crippen molar-refractivity contribution in [3.05, 3.63) is 58.7 Å². The molecule has 0 saturated carbocycles. The van der Waals surface area contributed by atoms with Gasteiger partial charge in [0.25, 0.3) is 11.8 Å². The van der Waals surface area contributed by atoms with Gasteiger partial charge < -0.3 is 19.3 Å². The van der Waals surface area contributed by atoms with Gasteiger partial charge in [-0.05, 0) is 62.1 Å². The smallest absolute Gasteiger partial charge is 0.260 e. The molecular formula is C24H30N2O4. The second-order valence-corrected chi connectivity index (χ2v) is 7.88. The van der Waals surface area contributed by atoms with E-state index in [-0.39, 0.29) is 25.0 Å². The van der Waals surface area contributed by atoms with Gasteiger partial charge in [0.05, 0.1) is 0 Å². The highest BCUT2D eigenvalue weighted by Gasteiger charge is 2.24. The molecule has 0 aliphatic carbocycles. The summed E-state index contributed by atoms with van der Waals surface area (Å²) in [4.78, 5) is 28.5. The van der Waals surface area contributed by atoms with E-state index in [1.54, 1.807) is 9.80 Å². The first-order valence-electron chi connectivity index (χ1n) is 10.3. The van der Waals surface area contributed by atoms with Gasteiger partial charge in [0.2, 0.25) is 0 Å². The molecule has 30 heavy (non-hydrogen) atoms. The zero-order chi connectivity index (χ0) is 21.7. The fraction of sp³-hybridized carbons (Fsp3) is 0.417. The summed E-state index contributed by atoms with van der Waals surface area (Å²) in [5.74, 6) is 1.35. The van der Waals surface area contributed by atoms with Gasteiger partial charge in [0.1, 0.15) is 11.5 Å². The van der Waals surface area contributed by atoms with Gasteiger partial charge in [-0.1, -0.05) is 24.3 Å². The van der Waals surface area contributed by atoms with Crippen LogP contribution in [0.5, 0.6) is 11.5 Å². The highest BCUT2D eigenvalue weighted by Crippen LogP contribution is 2.20. The van der Waals surface area contributed by atoms with Gasteiger partial charge in [-0.15, -0.1) is 0 Å². The second-order valence-electron chi connectivity index (χ2n) is 7.88. The Labute approximate surface area is 178 Å². The second kappa shape index (κ2) is 9.65. The lowest BCUT2D eigenvalue weighted by Crippen LogP contribution is -2.52. The number of carbonyl (C=O) groups is 2. The molecular weight excluding hydrogens is 380 g/mol. The summed E-state index contributed by atoms with van der Waals surface area (Å²) in [6.07, 6.45) is 0. The summed E-state index contributed by atoms with van der Waals surface area (Å²) in [7, 11) is 0. The Bertz CT molecular complexity index is 842. The normalized spacial score (nSPS) is 13.9. The molecule has 160 valence electrons. The zero-order valence-electron chi connectivity index (χ0n) is 18.2. The third kappa shape index (κ3) is 5.53. The van der Waals surface area contributed by atoms with Crippen molar-refractivity contribution in [1.82, 2.24) is 9.80 Å². The molecule has 0 atom stereocenters. The van der Waals surface area contributed by atoms with Crippen LogP contribution in [-0.2, 0) is 9.59 Å². The first-order chi connectivity index (χ1) is 14.3. The predicted molar refractivity (Wildman–Crippen MR) is 116 cm³/mol. The molecule has 1 fully saturated rings. The molecule has 2 amide bonds. The van der Waals surface area contributed by atoms with Gasteiger partial charge in [-0.3, -0.25) is 9.59 Å². The van der Waals surface area contributed by atoms with Crippen molar-refractivity contribution in [3.8, 4) is 11.5 Å². The van der Waals surface area contributed by atoms with E-state index >= 15 is 0 Å². The van der Waals surface area contributed by atoms with E-state index in [2.05, 4.69) is 0 Å². The lowest BCUT2D eigenvalue weighted by Gasteiger charge is -2.34. The maximum Gasteiger partial charge on any atom is 0.260 e. The summed E-state index contributed by atoms with van der Waals surface area (Å²) >= 11 is 0. The highest BCUT2D eigenvalue weighted by molar-refractivity contribution is 5.80. The zero-order valence-corrected chi connectivity index (χ0v) is 18.2. The maximum absolute atomic E-state index is 12.5. The summed E-state index contributed by atoms with van der Waals surface area (Å²) in [6.45, 7) is 9.95. The van der Waals surface area contributed by atoms with Crippen LogP contribution in [0.1, 0.15) is 22.3 Å². The number of amides is 2. The molecule has 1 saturated heterocycles. The number of ether oxygens (including phenoxy) is 2. The number of hydrogen-bond donors (Lipinski definition) is 0. The Hall–Kier alpha value is -3.02. The lowest BCUT2D eigenvalue weighted by molar-refractivity contribution is -0.141. The molecule has 0 bridgehead atoms. The summed E-state index contributed by atoms with van der Waals surface area (Å²) in [6, 6.07) is 11.9. The quantitative estimate of drug-likeness (QED) is 0.735. The van der Waals surface area contributed by atoms with E-state index in [4.69, 9.17) is 9.47 Å². The lowest BCUT2D eigenvalue weighted by atomic mass is 10.1. The van der Waals surface area contributed by atoms with E-state index in [0.29, 0.717) is 26.2 Å². The van der Waals surface area contributed by atoms with Crippen LogP contribution in [0.25, 0.3) is 0 Å². The van der Waals surface area contributed by atoms with Crippen molar-refractivity contribution >= 4 is 11.8 Å². The van der Waals surface area contributed by atoms with E-state index in [1.807, 2.05) is 64.1 Å².